The predicted molar refractivity (Wildman–Crippen MR) is 90.0 cm³/mol. The number of ether oxygens (including phenoxy) is 1. The Hall–Kier alpha value is -2.76. The number of amides is 1. The topological polar surface area (TPSA) is 72.4 Å². The van der Waals surface area contributed by atoms with Crippen LogP contribution in [0.2, 0.25) is 0 Å². The van der Waals surface area contributed by atoms with Crippen LogP contribution in [0.15, 0.2) is 36.8 Å². The lowest BCUT2D eigenvalue weighted by Crippen LogP contribution is -2.41. The average molecular weight is 325 g/mol. The van der Waals surface area contributed by atoms with Gasteiger partial charge in [0.25, 0.3) is 0 Å². The third-order valence-corrected chi connectivity index (χ3v) is 3.71. The highest BCUT2D eigenvalue weighted by Crippen LogP contribution is 2.35. The molecule has 1 amide bonds. The summed E-state index contributed by atoms with van der Waals surface area (Å²) in [6.07, 6.45) is 4.47. The van der Waals surface area contributed by atoms with Crippen molar-refractivity contribution in [3.63, 3.8) is 0 Å². The van der Waals surface area contributed by atoms with Crippen LogP contribution in [0.25, 0.3) is 11.1 Å². The average Bonchev–Trinajstić information content (AvgIpc) is 2.77. The molecular formula is C18H19N3O3. The maximum absolute atomic E-state index is 12.5. The van der Waals surface area contributed by atoms with Crippen LogP contribution in [0.5, 0.6) is 0 Å². The fourth-order valence-electron chi connectivity index (χ4n) is 2.61. The molecule has 2 aromatic heterocycles. The second-order valence-corrected chi connectivity index (χ2v) is 6.72. The Kier molecular flexibility index (Phi) is 3.83. The number of aromatic nitrogens is 2. The highest BCUT2D eigenvalue weighted by Gasteiger charge is 2.41. The third-order valence-electron chi connectivity index (χ3n) is 3.71. The van der Waals surface area contributed by atoms with E-state index in [2.05, 4.69) is 9.97 Å². The van der Waals surface area contributed by atoms with Gasteiger partial charge in [0, 0.05) is 29.7 Å². The van der Waals surface area contributed by atoms with Crippen LogP contribution in [-0.2, 0) is 4.74 Å². The number of fused-ring (bicyclic) bond motifs is 1. The Balaban J connectivity index is 2.03. The molecule has 0 aliphatic carbocycles. The first-order valence-electron chi connectivity index (χ1n) is 7.75. The number of ketones is 1. The molecule has 1 aliphatic heterocycles. The second kappa shape index (κ2) is 5.70. The largest absolute Gasteiger partial charge is 0.443 e. The van der Waals surface area contributed by atoms with Crippen LogP contribution in [-0.4, -0.2) is 33.5 Å². The van der Waals surface area contributed by atoms with E-state index in [1.165, 1.54) is 4.90 Å². The number of hydrogen-bond acceptors (Lipinski definition) is 5. The summed E-state index contributed by atoms with van der Waals surface area (Å²) in [6.45, 7) is 7.05. The number of carbonyl (C=O) groups is 2. The van der Waals surface area contributed by atoms with Crippen LogP contribution < -0.4 is 4.90 Å². The van der Waals surface area contributed by atoms with Gasteiger partial charge in [-0.3, -0.25) is 19.7 Å². The molecule has 1 atom stereocenters. The Labute approximate surface area is 140 Å². The first kappa shape index (κ1) is 16.1. The SMILES string of the molecule is CC1C(=O)c2ncc(-c3cccnc3)cc2N1C(=O)OC(C)(C)C. The second-order valence-electron chi connectivity index (χ2n) is 6.72. The van der Waals surface area contributed by atoms with E-state index in [0.717, 1.165) is 11.1 Å². The smallest absolute Gasteiger partial charge is 0.415 e. The van der Waals surface area contributed by atoms with Crippen LogP contribution in [0, 0.1) is 0 Å². The van der Waals surface area contributed by atoms with Crippen molar-refractivity contribution in [3.8, 4) is 11.1 Å². The van der Waals surface area contributed by atoms with Gasteiger partial charge in [0.15, 0.2) is 0 Å². The van der Waals surface area contributed by atoms with Crippen LogP contribution in [0.3, 0.4) is 0 Å². The zero-order valence-electron chi connectivity index (χ0n) is 14.1. The number of pyridine rings is 2. The fourth-order valence-corrected chi connectivity index (χ4v) is 2.61. The van der Waals surface area contributed by atoms with Gasteiger partial charge in [0.2, 0.25) is 5.78 Å². The van der Waals surface area contributed by atoms with Crippen molar-refractivity contribution < 1.29 is 14.3 Å². The molecule has 1 aliphatic rings. The predicted octanol–water partition coefficient (Wildman–Crippen LogP) is 3.47. The maximum Gasteiger partial charge on any atom is 0.415 e. The van der Waals surface area contributed by atoms with E-state index < -0.39 is 17.7 Å². The molecule has 124 valence electrons. The van der Waals surface area contributed by atoms with Crippen molar-refractivity contribution in [1.82, 2.24) is 9.97 Å². The van der Waals surface area contributed by atoms with Crippen LogP contribution in [0.1, 0.15) is 38.2 Å². The summed E-state index contributed by atoms with van der Waals surface area (Å²) in [6, 6.07) is 4.87. The quantitative estimate of drug-likeness (QED) is 0.803. The molecule has 1 unspecified atom stereocenters. The molecular weight excluding hydrogens is 306 g/mol. The van der Waals surface area contributed by atoms with Gasteiger partial charge in [0.05, 0.1) is 5.69 Å². The minimum absolute atomic E-state index is 0.186. The van der Waals surface area contributed by atoms with Crippen molar-refractivity contribution in [2.45, 2.75) is 39.3 Å². The Morgan fingerprint density at radius 1 is 1.25 bits per heavy atom. The number of hydrogen-bond donors (Lipinski definition) is 0. The van der Waals surface area contributed by atoms with Gasteiger partial charge in [-0.05, 0) is 39.8 Å². The first-order valence-corrected chi connectivity index (χ1v) is 7.75. The number of rotatable bonds is 1. The number of carbonyl (C=O) groups excluding carboxylic acids is 2. The van der Waals surface area contributed by atoms with Crippen molar-refractivity contribution >= 4 is 17.6 Å². The summed E-state index contributed by atoms with van der Waals surface area (Å²) in [5.74, 6) is -0.186. The summed E-state index contributed by atoms with van der Waals surface area (Å²) in [5, 5.41) is 0. The highest BCUT2D eigenvalue weighted by atomic mass is 16.6. The summed E-state index contributed by atoms with van der Waals surface area (Å²) in [7, 11) is 0. The third kappa shape index (κ3) is 2.87. The standard InChI is InChI=1S/C18H19N3O3/c1-11-16(22)15-14(21(11)17(23)24-18(2,3)4)8-13(10-20-15)12-6-5-7-19-9-12/h5-11H,1-4H3. The summed E-state index contributed by atoms with van der Waals surface area (Å²) in [4.78, 5) is 34.7. The summed E-state index contributed by atoms with van der Waals surface area (Å²) in [5.41, 5.74) is 1.78. The monoisotopic (exact) mass is 325 g/mol. The molecule has 0 saturated carbocycles. The van der Waals surface area contributed by atoms with Gasteiger partial charge in [-0.25, -0.2) is 4.79 Å². The van der Waals surface area contributed by atoms with Crippen molar-refractivity contribution in [2.24, 2.45) is 0 Å². The summed E-state index contributed by atoms with van der Waals surface area (Å²) < 4.78 is 5.44. The van der Waals surface area contributed by atoms with E-state index in [1.807, 2.05) is 12.1 Å². The van der Waals surface area contributed by atoms with E-state index in [4.69, 9.17) is 4.74 Å². The number of Topliss-reactive ketones (excluding diaryl/α,β-unsaturated/α-hetero) is 1. The lowest BCUT2D eigenvalue weighted by Gasteiger charge is -2.26. The fraction of sp³-hybridized carbons (Fsp3) is 0.333. The van der Waals surface area contributed by atoms with Gasteiger partial charge in [-0.1, -0.05) is 6.07 Å². The van der Waals surface area contributed by atoms with Gasteiger partial charge in [-0.15, -0.1) is 0 Å². The lowest BCUT2D eigenvalue weighted by molar-refractivity contribution is 0.0564. The van der Waals surface area contributed by atoms with Crippen molar-refractivity contribution in [2.75, 3.05) is 4.90 Å². The minimum Gasteiger partial charge on any atom is -0.443 e. The van der Waals surface area contributed by atoms with Crippen LogP contribution in [0.4, 0.5) is 10.5 Å². The minimum atomic E-state index is -0.642. The molecule has 0 aromatic carbocycles. The molecule has 0 spiro atoms. The normalized spacial score (nSPS) is 16.9. The van der Waals surface area contributed by atoms with Gasteiger partial charge in [-0.2, -0.15) is 0 Å². The lowest BCUT2D eigenvalue weighted by atomic mass is 10.1. The van der Waals surface area contributed by atoms with E-state index in [9.17, 15) is 9.59 Å². The molecule has 3 rings (SSSR count). The first-order chi connectivity index (χ1) is 11.3. The van der Waals surface area contributed by atoms with Crippen molar-refractivity contribution in [3.05, 3.63) is 42.5 Å². The van der Waals surface area contributed by atoms with E-state index in [0.29, 0.717) is 11.4 Å². The van der Waals surface area contributed by atoms with E-state index in [-0.39, 0.29) is 5.78 Å². The number of anilines is 1. The Bertz CT molecular complexity index is 797. The highest BCUT2D eigenvalue weighted by molar-refractivity contribution is 6.15. The Morgan fingerprint density at radius 2 is 2.00 bits per heavy atom. The molecule has 6 nitrogen and oxygen atoms in total. The molecule has 0 radical (unpaired) electrons. The van der Waals surface area contributed by atoms with Crippen molar-refractivity contribution in [1.29, 1.82) is 0 Å². The zero-order valence-corrected chi connectivity index (χ0v) is 14.1. The molecule has 2 aromatic rings. The Morgan fingerprint density at radius 3 is 2.62 bits per heavy atom. The van der Waals surface area contributed by atoms with E-state index in [1.54, 1.807) is 52.4 Å². The molecule has 3 heterocycles. The van der Waals surface area contributed by atoms with Gasteiger partial charge >= 0.3 is 6.09 Å². The van der Waals surface area contributed by atoms with Gasteiger partial charge in [0.1, 0.15) is 17.3 Å². The summed E-state index contributed by atoms with van der Waals surface area (Å²) >= 11 is 0. The molecule has 6 heteroatoms. The molecule has 0 N–H and O–H groups in total. The molecule has 0 bridgehead atoms. The maximum atomic E-state index is 12.5. The zero-order chi connectivity index (χ0) is 17.5. The molecule has 0 fully saturated rings. The molecule has 24 heavy (non-hydrogen) atoms. The van der Waals surface area contributed by atoms with E-state index >= 15 is 0 Å². The number of nitrogens with zero attached hydrogens (tertiary/aromatic N) is 3. The van der Waals surface area contributed by atoms with Gasteiger partial charge < -0.3 is 4.74 Å². The van der Waals surface area contributed by atoms with Crippen LogP contribution >= 0.6 is 0 Å². The molecule has 0 saturated heterocycles.